The average molecular weight is 1080 g/mol. The number of carbonyl (C=O) groups excluding carboxylic acids is 3. The topological polar surface area (TPSA) is 220 Å². The van der Waals surface area contributed by atoms with E-state index in [1.54, 1.807) is 61.5 Å². The van der Waals surface area contributed by atoms with E-state index in [1.165, 1.54) is 28.8 Å². The summed E-state index contributed by atoms with van der Waals surface area (Å²) >= 11 is 0. The fraction of sp³-hybridized carbons (Fsp3) is 0.350. The molecule has 4 aromatic carbocycles. The van der Waals surface area contributed by atoms with Gasteiger partial charge in [0.25, 0.3) is 11.8 Å². The van der Waals surface area contributed by atoms with Gasteiger partial charge in [-0.1, -0.05) is 48.5 Å². The number of nitrogens with zero attached hydrogens (tertiary/aromatic N) is 7. The zero-order valence-electron chi connectivity index (χ0n) is 45.5. The summed E-state index contributed by atoms with van der Waals surface area (Å²) in [7, 11) is 1.77. The van der Waals surface area contributed by atoms with Crippen molar-refractivity contribution in [2.24, 2.45) is 0 Å². The van der Waals surface area contributed by atoms with Gasteiger partial charge in [-0.05, 0) is 127 Å². The zero-order chi connectivity index (χ0) is 57.6. The lowest BCUT2D eigenvalue weighted by Gasteiger charge is -2.23. The van der Waals surface area contributed by atoms with E-state index in [-0.39, 0.29) is 66.4 Å². The van der Waals surface area contributed by atoms with Gasteiger partial charge in [0.1, 0.15) is 35.1 Å². The minimum absolute atomic E-state index is 0.0174. The number of aliphatic hydroxyl groups is 2. The van der Waals surface area contributed by atoms with E-state index in [9.17, 15) is 48.3 Å². The first-order valence-electron chi connectivity index (χ1n) is 26.0. The van der Waals surface area contributed by atoms with Gasteiger partial charge >= 0.3 is 6.18 Å². The number of pyridine rings is 1. The second kappa shape index (κ2) is 27.2. The lowest BCUT2D eigenvalue weighted by atomic mass is 10.0. The molecule has 7 rings (SSSR count). The van der Waals surface area contributed by atoms with Gasteiger partial charge in [0.05, 0.1) is 46.3 Å². The molecule has 3 atom stereocenters. The van der Waals surface area contributed by atoms with Crippen molar-refractivity contribution in [3.63, 3.8) is 0 Å². The van der Waals surface area contributed by atoms with Gasteiger partial charge in [0, 0.05) is 86.7 Å². The summed E-state index contributed by atoms with van der Waals surface area (Å²) in [5.74, 6) is 0.950. The Hall–Kier alpha value is -8.52. The lowest BCUT2D eigenvalue weighted by molar-refractivity contribution is -0.136. The molecule has 3 unspecified atom stereocenters. The number of halogens is 3. The maximum absolute atomic E-state index is 13.3. The molecule has 3 aromatic heterocycles. The summed E-state index contributed by atoms with van der Waals surface area (Å²) in [5, 5.41) is 44.0. The van der Waals surface area contributed by atoms with E-state index in [0.29, 0.717) is 65.1 Å². The van der Waals surface area contributed by atoms with Crippen LogP contribution in [0.25, 0.3) is 28.2 Å². The maximum Gasteiger partial charge on any atom is 0.419 e. The number of carbonyl (C=O) groups is 3. The third-order valence-electron chi connectivity index (χ3n) is 12.9. The third kappa shape index (κ3) is 15.8. The molecular weight excluding hydrogens is 1020 g/mol. The minimum atomic E-state index is -4.51. The van der Waals surface area contributed by atoms with E-state index >= 15 is 0 Å². The highest BCUT2D eigenvalue weighted by Gasteiger charge is 2.34. The molecule has 7 aromatic rings. The Morgan fingerprint density at radius 3 is 1.58 bits per heavy atom. The second-order valence-corrected chi connectivity index (χ2v) is 19.5. The number of hydrogen-bond donors (Lipinski definition) is 4. The van der Waals surface area contributed by atoms with Crippen molar-refractivity contribution >= 4 is 23.4 Å². The summed E-state index contributed by atoms with van der Waals surface area (Å²) in [6.07, 6.45) is 1.97. The molecule has 3 amide bonds. The molecule has 0 fully saturated rings. The Bertz CT molecular complexity index is 3300. The Balaban J connectivity index is 0.000000255. The lowest BCUT2D eigenvalue weighted by Crippen LogP contribution is -2.37. The zero-order valence-corrected chi connectivity index (χ0v) is 45.5. The number of nitrogens with one attached hydrogen (secondary N) is 2. The van der Waals surface area contributed by atoms with Gasteiger partial charge < -0.3 is 44.2 Å². The molecule has 0 spiro atoms. The van der Waals surface area contributed by atoms with Crippen molar-refractivity contribution in [2.45, 2.75) is 117 Å². The van der Waals surface area contributed by atoms with Gasteiger partial charge in [-0.2, -0.15) is 23.7 Å². The summed E-state index contributed by atoms with van der Waals surface area (Å²) in [6.45, 7) is 13.5. The number of fused-ring (bicyclic) bond motifs is 1. The quantitative estimate of drug-likeness (QED) is 0.0530. The van der Waals surface area contributed by atoms with Crippen molar-refractivity contribution in [1.82, 2.24) is 34.5 Å². The number of aryl methyl sites for hydroxylation is 1. The molecule has 0 bridgehead atoms. The molecule has 0 radical (unpaired) electrons. The van der Waals surface area contributed by atoms with E-state index in [0.717, 1.165) is 40.8 Å². The number of alkyl halides is 3. The van der Waals surface area contributed by atoms with Gasteiger partial charge in [-0.3, -0.25) is 14.4 Å². The second-order valence-electron chi connectivity index (χ2n) is 19.5. The van der Waals surface area contributed by atoms with Crippen molar-refractivity contribution in [3.05, 3.63) is 160 Å². The number of amides is 3. The highest BCUT2D eigenvalue weighted by atomic mass is 19.4. The normalized spacial score (nSPS) is 12.4. The number of aliphatic hydroxyl groups excluding tert-OH is 2. The summed E-state index contributed by atoms with van der Waals surface area (Å²) < 4.78 is 54.7. The van der Waals surface area contributed by atoms with Crippen LogP contribution in [0, 0.1) is 22.7 Å². The van der Waals surface area contributed by atoms with Gasteiger partial charge in [0.15, 0.2) is 0 Å². The minimum Gasteiger partial charge on any atom is -0.490 e. The number of nitriles is 2. The van der Waals surface area contributed by atoms with Crippen LogP contribution in [0.3, 0.4) is 0 Å². The van der Waals surface area contributed by atoms with Crippen LogP contribution < -0.4 is 20.1 Å². The van der Waals surface area contributed by atoms with Crippen LogP contribution in [0.4, 0.5) is 13.2 Å². The largest absolute Gasteiger partial charge is 0.490 e. The number of aromatic nitrogens is 4. The Morgan fingerprint density at radius 1 is 0.709 bits per heavy atom. The average Bonchev–Trinajstić information content (AvgIpc) is 4.20. The number of hydrogen-bond acceptors (Lipinski definition) is 11. The summed E-state index contributed by atoms with van der Waals surface area (Å²) in [4.78, 5) is 48.5. The highest BCUT2D eigenvalue weighted by Crippen LogP contribution is 2.34. The van der Waals surface area contributed by atoms with Crippen LogP contribution in [0.1, 0.15) is 122 Å². The predicted molar refractivity (Wildman–Crippen MR) is 293 cm³/mol. The molecule has 16 nitrogen and oxygen atoms in total. The third-order valence-corrected chi connectivity index (χ3v) is 12.9. The first-order chi connectivity index (χ1) is 37.7. The molecule has 79 heavy (non-hydrogen) atoms. The molecule has 0 aliphatic heterocycles. The van der Waals surface area contributed by atoms with E-state index in [4.69, 9.17) is 14.5 Å². The van der Waals surface area contributed by atoms with E-state index in [1.807, 2.05) is 90.2 Å². The van der Waals surface area contributed by atoms with Gasteiger partial charge in [0.2, 0.25) is 5.91 Å². The predicted octanol–water partition coefficient (Wildman–Crippen LogP) is 9.89. The SMILES string of the molecule is CC(C)Oc1ccc(C(=O)NC(CCO)Cc2ccc(-c3cn4cccc(C(F)(F)F)c4n3)cc2)cc1C#N.CCn1cc(-c2ccc(CC(CCO)NC(=O)c3ccc(OC(C)C)c(C#N)c3)cc2)nc1C(C)N(C)C(C)=O. The molecule has 0 aliphatic carbocycles. The van der Waals surface area contributed by atoms with Crippen LogP contribution in [-0.4, -0.2) is 96.3 Å². The van der Waals surface area contributed by atoms with Crippen LogP contribution in [0.15, 0.2) is 116 Å². The first-order valence-corrected chi connectivity index (χ1v) is 26.0. The molecule has 3 heterocycles. The number of imidazole rings is 2. The van der Waals surface area contributed by atoms with Crippen molar-refractivity contribution in [3.8, 4) is 46.2 Å². The Morgan fingerprint density at radius 2 is 1.18 bits per heavy atom. The number of rotatable bonds is 21. The maximum atomic E-state index is 13.3. The van der Waals surface area contributed by atoms with Crippen LogP contribution >= 0.6 is 0 Å². The Kier molecular flexibility index (Phi) is 20.6. The van der Waals surface area contributed by atoms with Crippen LogP contribution in [0.5, 0.6) is 11.5 Å². The Labute approximate surface area is 458 Å². The number of benzene rings is 4. The summed E-state index contributed by atoms with van der Waals surface area (Å²) in [6, 6.07) is 30.2. The molecule has 0 saturated carbocycles. The van der Waals surface area contributed by atoms with Crippen LogP contribution in [-0.2, 0) is 30.4 Å². The fourth-order valence-corrected chi connectivity index (χ4v) is 8.70. The van der Waals surface area contributed by atoms with Crippen molar-refractivity contribution < 1.29 is 47.2 Å². The van der Waals surface area contributed by atoms with Gasteiger partial charge in [-0.15, -0.1) is 0 Å². The first kappa shape index (κ1) is 59.7. The van der Waals surface area contributed by atoms with E-state index in [2.05, 4.69) is 26.3 Å². The monoisotopic (exact) mass is 1080 g/mol. The fourth-order valence-electron chi connectivity index (χ4n) is 8.70. The molecule has 414 valence electrons. The van der Waals surface area contributed by atoms with E-state index < -0.39 is 17.8 Å². The molecule has 0 aliphatic rings. The standard InChI is InChI=1S/C31H39N5O4.C29H27F3N4O3/c1-7-36-19-28(34-30(36)21(4)35(6)22(5)38)24-10-8-23(9-11-24)16-27(14-15-37)33-31(39)25-12-13-29(40-20(2)3)26(17-25)18-32;1-18(2)39-26-10-9-21(15-22(26)16-33)28(38)34-23(11-13-37)14-19-5-7-20(8-6-19)25-17-36-12-3-4-24(27(36)35-25)29(30,31)32/h8-13,17,19-21,27,37H,7,14-16H2,1-6H3,(H,33,39);3-10,12,15,17-18,23,37H,11,13-14H2,1-2H3,(H,34,38). The molecular formula is C60H66F3N9O7. The smallest absolute Gasteiger partial charge is 0.419 e. The number of ether oxygens (including phenoxy) is 2. The van der Waals surface area contributed by atoms with Crippen molar-refractivity contribution in [2.75, 3.05) is 20.3 Å². The molecule has 19 heteroatoms. The molecule has 0 saturated heterocycles. The van der Waals surface area contributed by atoms with Crippen LogP contribution in [0.2, 0.25) is 0 Å². The van der Waals surface area contributed by atoms with Crippen molar-refractivity contribution in [1.29, 1.82) is 10.5 Å². The summed E-state index contributed by atoms with van der Waals surface area (Å²) in [5.41, 5.74) is 4.91. The molecule has 4 N–H and O–H groups in total. The highest BCUT2D eigenvalue weighted by molar-refractivity contribution is 5.95. The van der Waals surface area contributed by atoms with Gasteiger partial charge in [-0.25, -0.2) is 9.97 Å².